The molecule has 0 aromatic rings. The summed E-state index contributed by atoms with van der Waals surface area (Å²) >= 11 is 0. The van der Waals surface area contributed by atoms with E-state index in [0.29, 0.717) is 0 Å². The lowest BCUT2D eigenvalue weighted by atomic mass is 9.91. The second-order valence-electron chi connectivity index (χ2n) is 4.28. The van der Waals surface area contributed by atoms with Crippen molar-refractivity contribution in [1.29, 1.82) is 0 Å². The lowest BCUT2D eigenvalue weighted by molar-refractivity contribution is 0.688. The maximum absolute atomic E-state index is 4.33. The Balaban J connectivity index is 2.40. The molecule has 0 radical (unpaired) electrons. The average Bonchev–Trinajstić information content (AvgIpc) is 2.31. The molecule has 2 rings (SSSR count). The van der Waals surface area contributed by atoms with Crippen molar-refractivity contribution in [3.8, 4) is 0 Å². The summed E-state index contributed by atoms with van der Waals surface area (Å²) in [4.78, 5) is 4.33. The zero-order valence-electron chi connectivity index (χ0n) is 7.80. The summed E-state index contributed by atoms with van der Waals surface area (Å²) in [5, 5.41) is 0. The van der Waals surface area contributed by atoms with E-state index in [2.05, 4.69) is 24.9 Å². The zero-order chi connectivity index (χ0) is 8.60. The van der Waals surface area contributed by atoms with E-state index in [0.717, 1.165) is 0 Å². The average molecular weight is 161 g/mol. The van der Waals surface area contributed by atoms with Crippen molar-refractivity contribution in [3.05, 3.63) is 23.4 Å². The topological polar surface area (TPSA) is 12.4 Å². The maximum Gasteiger partial charge on any atom is 0.0298 e. The summed E-state index contributed by atoms with van der Waals surface area (Å²) in [6, 6.07) is 0. The van der Waals surface area contributed by atoms with Crippen molar-refractivity contribution in [1.82, 2.24) is 0 Å². The molecule has 12 heavy (non-hydrogen) atoms. The molecule has 0 spiro atoms. The first kappa shape index (κ1) is 7.78. The van der Waals surface area contributed by atoms with Crippen molar-refractivity contribution in [2.24, 2.45) is 10.4 Å². The second-order valence-corrected chi connectivity index (χ2v) is 4.28. The van der Waals surface area contributed by atoms with Crippen LogP contribution in [0.1, 0.15) is 33.1 Å². The molecule has 1 heteroatoms. The van der Waals surface area contributed by atoms with E-state index in [9.17, 15) is 0 Å². The van der Waals surface area contributed by atoms with Crippen molar-refractivity contribution in [2.75, 3.05) is 0 Å². The lowest BCUT2D eigenvalue weighted by Crippen LogP contribution is -2.08. The maximum atomic E-state index is 4.33. The fourth-order valence-corrected chi connectivity index (χ4v) is 1.91. The van der Waals surface area contributed by atoms with Crippen LogP contribution in [0.4, 0.5) is 0 Å². The first-order chi connectivity index (χ1) is 5.67. The molecule has 1 heterocycles. The van der Waals surface area contributed by atoms with E-state index in [1.54, 1.807) is 0 Å². The van der Waals surface area contributed by atoms with Crippen LogP contribution in [0, 0.1) is 5.41 Å². The highest BCUT2D eigenvalue weighted by atomic mass is 14.7. The van der Waals surface area contributed by atoms with Crippen LogP contribution in [0.2, 0.25) is 0 Å². The third-order valence-corrected chi connectivity index (χ3v) is 2.49. The van der Waals surface area contributed by atoms with Crippen LogP contribution in [0.15, 0.2) is 28.4 Å². The van der Waals surface area contributed by atoms with Crippen LogP contribution >= 0.6 is 0 Å². The molecule has 1 aliphatic carbocycles. The van der Waals surface area contributed by atoms with Gasteiger partial charge in [0.1, 0.15) is 0 Å². The number of aliphatic imine (C=N–C) groups is 1. The van der Waals surface area contributed by atoms with E-state index in [1.165, 1.54) is 30.4 Å². The Hall–Kier alpha value is -0.850. The zero-order valence-corrected chi connectivity index (χ0v) is 7.80. The van der Waals surface area contributed by atoms with Gasteiger partial charge in [0.2, 0.25) is 0 Å². The summed E-state index contributed by atoms with van der Waals surface area (Å²) in [6.07, 6.45) is 10.2. The molecule has 2 aliphatic rings. The molecule has 0 N–H and O–H groups in total. The van der Waals surface area contributed by atoms with Gasteiger partial charge in [-0.3, -0.25) is 4.99 Å². The monoisotopic (exact) mass is 161 g/mol. The van der Waals surface area contributed by atoms with Crippen molar-refractivity contribution >= 4 is 6.21 Å². The van der Waals surface area contributed by atoms with E-state index >= 15 is 0 Å². The minimum atomic E-state index is 0.151. The van der Waals surface area contributed by atoms with Gasteiger partial charge in [0.05, 0.1) is 0 Å². The first-order valence-electron chi connectivity index (χ1n) is 4.63. The van der Waals surface area contributed by atoms with Gasteiger partial charge < -0.3 is 0 Å². The normalized spacial score (nSPS) is 25.8. The smallest absolute Gasteiger partial charge is 0.0298 e. The van der Waals surface area contributed by atoms with Crippen molar-refractivity contribution in [3.63, 3.8) is 0 Å². The SMILES string of the molecule is CC1(C)C=NC=C2CCCC2=C1. The molecule has 1 saturated carbocycles. The van der Waals surface area contributed by atoms with Gasteiger partial charge in [-0.15, -0.1) is 0 Å². The molecule has 1 aliphatic heterocycles. The Morgan fingerprint density at radius 1 is 1.25 bits per heavy atom. The molecular weight excluding hydrogens is 146 g/mol. The van der Waals surface area contributed by atoms with Gasteiger partial charge in [-0.25, -0.2) is 0 Å². The number of allylic oxidation sites excluding steroid dienone is 3. The molecule has 64 valence electrons. The summed E-state index contributed by atoms with van der Waals surface area (Å²) < 4.78 is 0. The van der Waals surface area contributed by atoms with Gasteiger partial charge in [0.15, 0.2) is 0 Å². The fraction of sp³-hybridized carbons (Fsp3) is 0.545. The quantitative estimate of drug-likeness (QED) is 0.517. The van der Waals surface area contributed by atoms with Crippen LogP contribution in [0.25, 0.3) is 0 Å². The van der Waals surface area contributed by atoms with Crippen LogP contribution < -0.4 is 0 Å². The molecule has 1 nitrogen and oxygen atoms in total. The summed E-state index contributed by atoms with van der Waals surface area (Å²) in [6.45, 7) is 4.41. The van der Waals surface area contributed by atoms with Crippen LogP contribution in [0.3, 0.4) is 0 Å². The van der Waals surface area contributed by atoms with Gasteiger partial charge in [0, 0.05) is 17.8 Å². The van der Waals surface area contributed by atoms with Crippen molar-refractivity contribution < 1.29 is 0 Å². The predicted octanol–water partition coefficient (Wildman–Crippen LogP) is 3.09. The first-order valence-corrected chi connectivity index (χ1v) is 4.63. The fourth-order valence-electron chi connectivity index (χ4n) is 1.91. The van der Waals surface area contributed by atoms with Gasteiger partial charge in [0.25, 0.3) is 0 Å². The summed E-state index contributed by atoms with van der Waals surface area (Å²) in [7, 11) is 0. The van der Waals surface area contributed by atoms with Gasteiger partial charge in [-0.2, -0.15) is 0 Å². The van der Waals surface area contributed by atoms with Gasteiger partial charge in [-0.05, 0) is 30.4 Å². The van der Waals surface area contributed by atoms with Crippen molar-refractivity contribution in [2.45, 2.75) is 33.1 Å². The number of rotatable bonds is 0. The Labute approximate surface area is 73.9 Å². The van der Waals surface area contributed by atoms with Gasteiger partial charge in [-0.1, -0.05) is 19.9 Å². The third kappa shape index (κ3) is 1.36. The third-order valence-electron chi connectivity index (χ3n) is 2.49. The molecule has 0 unspecified atom stereocenters. The number of hydrogen-bond acceptors (Lipinski definition) is 1. The van der Waals surface area contributed by atoms with Crippen LogP contribution in [-0.2, 0) is 0 Å². The van der Waals surface area contributed by atoms with E-state index in [1.807, 2.05) is 12.4 Å². The predicted molar refractivity (Wildman–Crippen MR) is 52.3 cm³/mol. The Morgan fingerprint density at radius 2 is 2.00 bits per heavy atom. The molecule has 0 saturated heterocycles. The largest absolute Gasteiger partial charge is 0.268 e. The van der Waals surface area contributed by atoms with Gasteiger partial charge >= 0.3 is 0 Å². The van der Waals surface area contributed by atoms with E-state index in [-0.39, 0.29) is 5.41 Å². The lowest BCUT2D eigenvalue weighted by Gasteiger charge is -2.13. The Bertz CT molecular complexity index is 279. The highest BCUT2D eigenvalue weighted by Gasteiger charge is 2.20. The molecule has 0 aromatic carbocycles. The number of hydrogen-bond donors (Lipinski definition) is 0. The Kier molecular flexibility index (Phi) is 1.67. The molecule has 0 atom stereocenters. The highest BCUT2D eigenvalue weighted by molar-refractivity contribution is 5.70. The summed E-state index contributed by atoms with van der Waals surface area (Å²) in [5.74, 6) is 0. The van der Waals surface area contributed by atoms with E-state index in [4.69, 9.17) is 0 Å². The standard InChI is InChI=1S/C11H15N/c1-11(2)6-9-4-3-5-10(9)7-12-8-11/h6-8H,3-5H2,1-2H3. The highest BCUT2D eigenvalue weighted by Crippen LogP contribution is 2.34. The molecular formula is C11H15N. The second kappa shape index (κ2) is 2.58. The molecule has 0 amide bonds. The number of nitrogens with zero attached hydrogens (tertiary/aromatic N) is 1. The molecule has 0 aromatic heterocycles. The van der Waals surface area contributed by atoms with E-state index < -0.39 is 0 Å². The van der Waals surface area contributed by atoms with Crippen LogP contribution in [0.5, 0.6) is 0 Å². The Morgan fingerprint density at radius 3 is 2.83 bits per heavy atom. The minimum Gasteiger partial charge on any atom is -0.268 e. The molecule has 0 bridgehead atoms. The minimum absolute atomic E-state index is 0.151. The molecule has 1 fully saturated rings. The number of fused-ring (bicyclic) bond motifs is 1. The summed E-state index contributed by atoms with van der Waals surface area (Å²) in [5.41, 5.74) is 3.13. The van der Waals surface area contributed by atoms with Crippen LogP contribution in [-0.4, -0.2) is 6.21 Å².